The average Bonchev–Trinajstić information content (AvgIpc) is 2.95. The van der Waals surface area contributed by atoms with Gasteiger partial charge in [0.2, 0.25) is 5.91 Å². The Hall–Kier alpha value is -3.01. The summed E-state index contributed by atoms with van der Waals surface area (Å²) in [5.74, 6) is 0.365. The first-order valence-corrected chi connectivity index (χ1v) is 14.9. The van der Waals surface area contributed by atoms with Crippen LogP contribution >= 0.6 is 0 Å². The molecule has 0 aromatic heterocycles. The van der Waals surface area contributed by atoms with E-state index in [0.717, 1.165) is 83.5 Å². The van der Waals surface area contributed by atoms with E-state index in [9.17, 15) is 9.59 Å². The van der Waals surface area contributed by atoms with Crippen LogP contribution in [0.3, 0.4) is 0 Å². The Morgan fingerprint density at radius 1 is 0.825 bits per heavy atom. The summed E-state index contributed by atoms with van der Waals surface area (Å²) >= 11 is 0. The van der Waals surface area contributed by atoms with Crippen molar-refractivity contribution < 1.29 is 28.6 Å². The van der Waals surface area contributed by atoms with Gasteiger partial charge in [-0.05, 0) is 58.3 Å². The largest absolute Gasteiger partial charge is 0.450 e. The van der Waals surface area contributed by atoms with E-state index in [2.05, 4.69) is 21.7 Å². The van der Waals surface area contributed by atoms with Gasteiger partial charge >= 0.3 is 6.09 Å². The van der Waals surface area contributed by atoms with Gasteiger partial charge in [0, 0.05) is 26.1 Å². The average molecular weight is 569 g/mol. The molecule has 0 aliphatic rings. The van der Waals surface area contributed by atoms with Crippen LogP contribution in [0.5, 0.6) is 0 Å². The number of carbonyl (C=O) groups excluding carboxylic acids is 3. The zero-order chi connectivity index (χ0) is 30.7. The van der Waals surface area contributed by atoms with Gasteiger partial charge in [-0.15, -0.1) is 0 Å². The normalized spacial score (nSPS) is 10.2. The third-order valence-corrected chi connectivity index (χ3v) is 5.95. The van der Waals surface area contributed by atoms with Crippen molar-refractivity contribution in [3.63, 3.8) is 0 Å². The lowest BCUT2D eigenvalue weighted by atomic mass is 10.1. The number of hydrogen-bond acceptors (Lipinski definition) is 8. The molecule has 0 aromatic carbocycles. The highest BCUT2D eigenvalue weighted by molar-refractivity contribution is 5.78. The number of ether oxygens (including phenoxy) is 3. The molecule has 0 aromatic rings. The van der Waals surface area contributed by atoms with E-state index in [1.807, 2.05) is 25.8 Å². The van der Waals surface area contributed by atoms with Crippen molar-refractivity contribution >= 4 is 18.3 Å². The van der Waals surface area contributed by atoms with E-state index in [1.165, 1.54) is 26.2 Å². The minimum atomic E-state index is -0.312. The number of nitrogens with zero attached hydrogens (tertiary/aromatic N) is 3. The van der Waals surface area contributed by atoms with Crippen LogP contribution in [0.25, 0.3) is 0 Å². The second kappa shape index (κ2) is 36.0. The molecule has 0 aliphatic heterocycles. The quantitative estimate of drug-likeness (QED) is 0.0886. The molecule has 0 saturated carbocycles. The van der Waals surface area contributed by atoms with Crippen LogP contribution in [0.15, 0.2) is 0 Å². The van der Waals surface area contributed by atoms with Gasteiger partial charge in [-0.2, -0.15) is 10.5 Å². The van der Waals surface area contributed by atoms with Gasteiger partial charge in [0.05, 0.1) is 6.61 Å². The maximum absolute atomic E-state index is 11.7. The Bertz CT molecular complexity index is 664. The highest BCUT2D eigenvalue weighted by Gasteiger charge is 2.14. The fourth-order valence-electron chi connectivity index (χ4n) is 3.39. The molecule has 0 aliphatic carbocycles. The summed E-state index contributed by atoms with van der Waals surface area (Å²) in [5, 5.41) is 19.1. The number of aldehydes is 1. The summed E-state index contributed by atoms with van der Waals surface area (Å²) in [4.78, 5) is 33.7. The summed E-state index contributed by atoms with van der Waals surface area (Å²) in [7, 11) is 1.87. The van der Waals surface area contributed by atoms with Gasteiger partial charge in [-0.25, -0.2) is 4.79 Å². The predicted molar refractivity (Wildman–Crippen MR) is 157 cm³/mol. The van der Waals surface area contributed by atoms with Crippen molar-refractivity contribution in [1.82, 2.24) is 10.2 Å². The van der Waals surface area contributed by atoms with Crippen LogP contribution in [0.1, 0.15) is 118 Å². The molecule has 10 nitrogen and oxygen atoms in total. The number of carbonyl (C=O) groups is 3. The van der Waals surface area contributed by atoms with E-state index in [0.29, 0.717) is 26.4 Å². The highest BCUT2D eigenvalue weighted by Crippen LogP contribution is 2.07. The first-order valence-electron chi connectivity index (χ1n) is 14.9. The lowest BCUT2D eigenvalue weighted by Crippen LogP contribution is -2.32. The molecule has 2 amide bonds. The molecule has 1 unspecified atom stereocenters. The number of rotatable bonds is 22. The Kier molecular flexibility index (Phi) is 37.3. The van der Waals surface area contributed by atoms with E-state index >= 15 is 0 Å². The third kappa shape index (κ3) is 35.0. The minimum absolute atomic E-state index is 0.129. The number of nitriles is 2. The molecule has 0 bridgehead atoms. The van der Waals surface area contributed by atoms with E-state index in [-0.39, 0.29) is 17.9 Å². The van der Waals surface area contributed by atoms with Crippen molar-refractivity contribution in [2.75, 3.05) is 40.0 Å². The minimum Gasteiger partial charge on any atom is -0.450 e. The molecule has 40 heavy (non-hydrogen) atoms. The number of hydrogen-bond donors (Lipinski definition) is 1. The van der Waals surface area contributed by atoms with Crippen molar-refractivity contribution in [1.29, 1.82) is 10.5 Å². The lowest BCUT2D eigenvalue weighted by Gasteiger charge is -2.20. The topological polar surface area (TPSA) is 142 Å². The zero-order valence-corrected chi connectivity index (χ0v) is 25.9. The Labute approximate surface area is 243 Å². The van der Waals surface area contributed by atoms with Crippen LogP contribution in [0.4, 0.5) is 4.79 Å². The van der Waals surface area contributed by atoms with Gasteiger partial charge in [0.25, 0.3) is 12.5 Å². The van der Waals surface area contributed by atoms with Crippen LogP contribution < -0.4 is 5.32 Å². The molecule has 1 atom stereocenters. The molecule has 232 valence electrons. The Morgan fingerprint density at radius 2 is 1.30 bits per heavy atom. The fourth-order valence-corrected chi connectivity index (χ4v) is 3.39. The first-order chi connectivity index (χ1) is 19.4. The molecule has 0 spiro atoms. The molecule has 1 N–H and O–H groups in total. The van der Waals surface area contributed by atoms with Gasteiger partial charge in [0.1, 0.15) is 19.5 Å². The number of unbranched alkanes of at least 4 members (excludes halogenated alkanes) is 10. The Morgan fingerprint density at radius 3 is 1.80 bits per heavy atom. The number of alkyl carbamates (subject to hydrolysis) is 1. The third-order valence-electron chi connectivity index (χ3n) is 5.95. The van der Waals surface area contributed by atoms with Crippen molar-refractivity contribution in [3.05, 3.63) is 0 Å². The van der Waals surface area contributed by atoms with Crippen molar-refractivity contribution in [2.24, 2.45) is 5.92 Å². The van der Waals surface area contributed by atoms with Crippen LogP contribution in [0, 0.1) is 29.0 Å². The van der Waals surface area contributed by atoms with Gasteiger partial charge in [-0.3, -0.25) is 4.79 Å². The second-order valence-electron chi connectivity index (χ2n) is 9.49. The molecule has 0 radical (unpaired) electrons. The maximum atomic E-state index is 11.7. The zero-order valence-electron chi connectivity index (χ0n) is 25.9. The summed E-state index contributed by atoms with van der Waals surface area (Å²) in [6.45, 7) is 10.6. The summed E-state index contributed by atoms with van der Waals surface area (Å²) in [6, 6.07) is 0. The summed E-state index contributed by atoms with van der Waals surface area (Å²) in [5.41, 5.74) is 0. The number of nitrogens with one attached hydrogen (secondary N) is 1. The smallest absolute Gasteiger partial charge is 0.407 e. The molecular weight excluding hydrogens is 512 g/mol. The predicted octanol–water partition coefficient (Wildman–Crippen LogP) is 6.50. The summed E-state index contributed by atoms with van der Waals surface area (Å²) in [6.07, 6.45) is 18.3. The maximum Gasteiger partial charge on any atom is 0.407 e. The van der Waals surface area contributed by atoms with Crippen LogP contribution in [0.2, 0.25) is 0 Å². The SMILES string of the molecule is CC=O.CCC(C)C(=O)N(C)CCCCCCOC#N.CCCCCCCOC(=O)NCCCCCCOC#N. The number of amides is 2. The molecule has 0 fully saturated rings. The second-order valence-corrected chi connectivity index (χ2v) is 9.49. The molecule has 0 heterocycles. The van der Waals surface area contributed by atoms with E-state index < -0.39 is 0 Å². The van der Waals surface area contributed by atoms with E-state index in [4.69, 9.17) is 20.1 Å². The summed E-state index contributed by atoms with van der Waals surface area (Å²) < 4.78 is 14.2. The first kappa shape index (κ1) is 41.5. The van der Waals surface area contributed by atoms with E-state index in [1.54, 1.807) is 12.5 Å². The van der Waals surface area contributed by atoms with Gasteiger partial charge in [-0.1, -0.05) is 59.3 Å². The molecule has 0 rings (SSSR count). The molecule has 10 heteroatoms. The Balaban J connectivity index is -0.000000629. The van der Waals surface area contributed by atoms with Gasteiger partial charge < -0.3 is 29.2 Å². The molecule has 0 saturated heterocycles. The van der Waals surface area contributed by atoms with Gasteiger partial charge in [0.15, 0.2) is 0 Å². The fraction of sp³-hybridized carbons (Fsp3) is 0.833. The standard InChI is InChI=1S/C15H28N2O3.C13H24N2O2.C2H4O/c1-2-3-4-6-10-13-20-15(18)17-11-8-5-7-9-12-19-14-16;1-4-12(2)13(16)15(3)9-7-5-6-8-10-17-11-14;1-2-3/h2-13H2,1H3,(H,17,18);12H,4-10H2,1-3H3;2H,1H3. The molecular formula is C30H56N4O6. The van der Waals surface area contributed by atoms with Crippen molar-refractivity contribution in [3.8, 4) is 12.5 Å². The highest BCUT2D eigenvalue weighted by atomic mass is 16.5. The van der Waals surface area contributed by atoms with Crippen molar-refractivity contribution in [2.45, 2.75) is 118 Å². The van der Waals surface area contributed by atoms with Crippen LogP contribution in [-0.2, 0) is 23.8 Å². The lowest BCUT2D eigenvalue weighted by molar-refractivity contribution is -0.133. The van der Waals surface area contributed by atoms with Crippen LogP contribution in [-0.4, -0.2) is 63.1 Å². The monoisotopic (exact) mass is 568 g/mol.